The Labute approximate surface area is 131 Å². The van der Waals surface area contributed by atoms with Gasteiger partial charge in [0, 0.05) is 26.7 Å². The van der Waals surface area contributed by atoms with Gasteiger partial charge < -0.3 is 15.5 Å². The van der Waals surface area contributed by atoms with Gasteiger partial charge in [0.05, 0.1) is 0 Å². The Bertz CT molecular complexity index is 480. The molecule has 1 aromatic rings. The lowest BCUT2D eigenvalue weighted by Gasteiger charge is -2.31. The fourth-order valence-corrected chi connectivity index (χ4v) is 3.73. The van der Waals surface area contributed by atoms with Crippen LogP contribution in [0.25, 0.3) is 0 Å². The Morgan fingerprint density at radius 1 is 1.43 bits per heavy atom. The molecule has 1 aromatic heterocycles. The number of hydrogen-bond donors (Lipinski definition) is 1. The normalized spacial score (nSPS) is 16.2. The predicted octanol–water partition coefficient (Wildman–Crippen LogP) is 2.83. The second-order valence-corrected chi connectivity index (χ2v) is 6.73. The fourth-order valence-electron chi connectivity index (χ4n) is 2.75. The smallest absolute Gasteiger partial charge is 0.267 e. The molecule has 0 saturated carbocycles. The van der Waals surface area contributed by atoms with E-state index in [1.807, 2.05) is 16.8 Å². The number of rotatable bonds is 5. The van der Waals surface area contributed by atoms with Crippen LogP contribution in [-0.4, -0.2) is 42.5 Å². The van der Waals surface area contributed by atoms with Crippen molar-refractivity contribution in [1.82, 2.24) is 9.88 Å². The van der Waals surface area contributed by atoms with E-state index in [0.29, 0.717) is 10.7 Å². The molecule has 0 aromatic carbocycles. The first-order valence-electron chi connectivity index (χ1n) is 7.83. The molecule has 0 radical (unpaired) electrons. The minimum Gasteiger partial charge on any atom is -0.382 e. The van der Waals surface area contributed by atoms with Gasteiger partial charge >= 0.3 is 0 Å². The van der Waals surface area contributed by atoms with Crippen LogP contribution in [0.5, 0.6) is 0 Å². The van der Waals surface area contributed by atoms with Gasteiger partial charge in [-0.2, -0.15) is 0 Å². The lowest BCUT2D eigenvalue weighted by molar-refractivity contribution is 0.0692. The monoisotopic (exact) mass is 310 g/mol. The lowest BCUT2D eigenvalue weighted by Crippen LogP contribution is -2.38. The van der Waals surface area contributed by atoms with Crippen molar-refractivity contribution in [3.63, 3.8) is 0 Å². The third kappa shape index (κ3) is 3.67. The summed E-state index contributed by atoms with van der Waals surface area (Å²) in [6, 6.07) is 0. The van der Waals surface area contributed by atoms with Gasteiger partial charge in [0.15, 0.2) is 5.13 Å². The van der Waals surface area contributed by atoms with Crippen LogP contribution < -0.4 is 10.6 Å². The van der Waals surface area contributed by atoms with Crippen molar-refractivity contribution in [3.8, 4) is 0 Å². The molecule has 5 nitrogen and oxygen atoms in total. The van der Waals surface area contributed by atoms with Gasteiger partial charge in [0.25, 0.3) is 5.91 Å². The Kier molecular flexibility index (Phi) is 5.45. The van der Waals surface area contributed by atoms with E-state index in [9.17, 15) is 4.79 Å². The highest BCUT2D eigenvalue weighted by Crippen LogP contribution is 2.30. The number of piperidine rings is 1. The van der Waals surface area contributed by atoms with Crippen LogP contribution in [0, 0.1) is 5.92 Å². The van der Waals surface area contributed by atoms with Gasteiger partial charge in [0.1, 0.15) is 10.7 Å². The molecule has 118 valence electrons. The van der Waals surface area contributed by atoms with Gasteiger partial charge in [-0.1, -0.05) is 31.1 Å². The molecule has 1 saturated heterocycles. The quantitative estimate of drug-likeness (QED) is 0.908. The van der Waals surface area contributed by atoms with Gasteiger partial charge in [-0.05, 0) is 25.7 Å². The number of carbonyl (C=O) groups is 1. The van der Waals surface area contributed by atoms with Crippen LogP contribution in [0.3, 0.4) is 0 Å². The summed E-state index contributed by atoms with van der Waals surface area (Å²) in [4.78, 5) is 21.5. The number of nitrogen functional groups attached to an aromatic ring is 1. The zero-order valence-electron chi connectivity index (χ0n) is 13.3. The zero-order chi connectivity index (χ0) is 15.4. The Morgan fingerprint density at radius 2 is 2.10 bits per heavy atom. The highest BCUT2D eigenvalue weighted by molar-refractivity contribution is 7.18. The molecular formula is C15H26N4OS. The van der Waals surface area contributed by atoms with Crippen LogP contribution in [0.2, 0.25) is 0 Å². The van der Waals surface area contributed by atoms with Crippen molar-refractivity contribution in [2.24, 2.45) is 5.92 Å². The molecule has 1 aliphatic heterocycles. The maximum absolute atomic E-state index is 12.6. The number of thiazole rings is 1. The van der Waals surface area contributed by atoms with Gasteiger partial charge in [0.2, 0.25) is 0 Å². The third-order valence-electron chi connectivity index (χ3n) is 4.24. The summed E-state index contributed by atoms with van der Waals surface area (Å²) < 4.78 is 0. The Balaban J connectivity index is 2.02. The molecule has 2 rings (SSSR count). The van der Waals surface area contributed by atoms with Crippen molar-refractivity contribution in [3.05, 3.63) is 4.88 Å². The van der Waals surface area contributed by atoms with Crippen molar-refractivity contribution < 1.29 is 4.79 Å². The van der Waals surface area contributed by atoms with E-state index >= 15 is 0 Å². The molecule has 6 heteroatoms. The summed E-state index contributed by atoms with van der Waals surface area (Å²) in [5.41, 5.74) is 5.94. The molecule has 21 heavy (non-hydrogen) atoms. The predicted molar refractivity (Wildman–Crippen MR) is 89.0 cm³/mol. The van der Waals surface area contributed by atoms with E-state index in [4.69, 9.17) is 5.73 Å². The molecule has 0 unspecified atom stereocenters. The second kappa shape index (κ2) is 7.11. The van der Waals surface area contributed by atoms with E-state index in [1.54, 1.807) is 0 Å². The fraction of sp³-hybridized carbons (Fsp3) is 0.733. The summed E-state index contributed by atoms with van der Waals surface area (Å²) >= 11 is 1.40. The molecule has 0 atom stereocenters. The average Bonchev–Trinajstić information content (AvgIpc) is 2.89. The molecule has 2 N–H and O–H groups in total. The topological polar surface area (TPSA) is 62.5 Å². The van der Waals surface area contributed by atoms with E-state index in [2.05, 4.69) is 18.8 Å². The molecule has 0 spiro atoms. The first-order valence-corrected chi connectivity index (χ1v) is 8.65. The van der Waals surface area contributed by atoms with Gasteiger partial charge in [-0.25, -0.2) is 4.98 Å². The lowest BCUT2D eigenvalue weighted by atomic mass is 9.92. The number of nitrogens with two attached hydrogens (primary N) is 1. The molecule has 0 aliphatic carbocycles. The van der Waals surface area contributed by atoms with Crippen LogP contribution in [0.15, 0.2) is 0 Å². The van der Waals surface area contributed by atoms with Gasteiger partial charge in [-0.15, -0.1) is 0 Å². The largest absolute Gasteiger partial charge is 0.382 e. The van der Waals surface area contributed by atoms with Crippen molar-refractivity contribution in [2.75, 3.05) is 37.3 Å². The summed E-state index contributed by atoms with van der Waals surface area (Å²) in [7, 11) is 1.96. The number of amides is 1. The maximum atomic E-state index is 12.6. The summed E-state index contributed by atoms with van der Waals surface area (Å²) in [5.74, 6) is 1.20. The molecular weight excluding hydrogens is 284 g/mol. The van der Waals surface area contributed by atoms with Crippen molar-refractivity contribution >= 4 is 28.2 Å². The number of aromatic nitrogens is 1. The van der Waals surface area contributed by atoms with Crippen LogP contribution in [0.1, 0.15) is 49.2 Å². The first kappa shape index (κ1) is 16.1. The Hall–Kier alpha value is -1.30. The molecule has 2 heterocycles. The number of likely N-dealkylation sites (tertiary alicyclic amines) is 1. The molecule has 1 amide bonds. The van der Waals surface area contributed by atoms with E-state index in [-0.39, 0.29) is 5.91 Å². The Morgan fingerprint density at radius 3 is 2.67 bits per heavy atom. The maximum Gasteiger partial charge on any atom is 0.267 e. The van der Waals surface area contributed by atoms with Crippen LogP contribution in [-0.2, 0) is 0 Å². The first-order chi connectivity index (χ1) is 10.1. The number of anilines is 2. The number of nitrogens with zero attached hydrogens (tertiary/aromatic N) is 3. The standard InChI is InChI=1S/C15H26N4OS/c1-4-6-11-7-9-19(10-8-11)14(20)12-13(16)17-15(21-12)18(3)5-2/h11H,4-10,16H2,1-3H3. The summed E-state index contributed by atoms with van der Waals surface area (Å²) in [6.07, 6.45) is 4.73. The van der Waals surface area contributed by atoms with E-state index in [1.165, 1.54) is 24.2 Å². The van der Waals surface area contributed by atoms with Crippen molar-refractivity contribution in [1.29, 1.82) is 0 Å². The molecule has 1 aliphatic rings. The highest BCUT2D eigenvalue weighted by Gasteiger charge is 2.26. The minimum atomic E-state index is 0.0516. The second-order valence-electron chi connectivity index (χ2n) is 5.75. The van der Waals surface area contributed by atoms with Gasteiger partial charge in [-0.3, -0.25) is 4.79 Å². The SMILES string of the molecule is CCCC1CCN(C(=O)c2sc(N(C)CC)nc2N)CC1. The highest BCUT2D eigenvalue weighted by atomic mass is 32.1. The van der Waals surface area contributed by atoms with Crippen LogP contribution in [0.4, 0.5) is 10.9 Å². The molecule has 0 bridgehead atoms. The van der Waals surface area contributed by atoms with E-state index < -0.39 is 0 Å². The average molecular weight is 310 g/mol. The van der Waals surface area contributed by atoms with Crippen molar-refractivity contribution in [2.45, 2.75) is 39.5 Å². The zero-order valence-corrected chi connectivity index (χ0v) is 14.1. The summed E-state index contributed by atoms with van der Waals surface area (Å²) in [5, 5.41) is 0.819. The molecule has 1 fully saturated rings. The number of carbonyl (C=O) groups excluding carboxylic acids is 1. The third-order valence-corrected chi connectivity index (χ3v) is 5.41. The van der Waals surface area contributed by atoms with Crippen LogP contribution >= 0.6 is 11.3 Å². The number of hydrogen-bond acceptors (Lipinski definition) is 5. The van der Waals surface area contributed by atoms with E-state index in [0.717, 1.165) is 43.5 Å². The summed E-state index contributed by atoms with van der Waals surface area (Å²) in [6.45, 7) is 6.82. The minimum absolute atomic E-state index is 0.0516.